The second-order valence-corrected chi connectivity index (χ2v) is 6.13. The van der Waals surface area contributed by atoms with Crippen molar-refractivity contribution in [1.29, 1.82) is 0 Å². The Labute approximate surface area is 155 Å². The summed E-state index contributed by atoms with van der Waals surface area (Å²) in [6.45, 7) is 2.52. The summed E-state index contributed by atoms with van der Waals surface area (Å²) in [6, 6.07) is 14.3. The number of nitrogens with one attached hydrogen (secondary N) is 2. The van der Waals surface area contributed by atoms with Gasteiger partial charge in [-0.2, -0.15) is 0 Å². The molecule has 1 heterocycles. The van der Waals surface area contributed by atoms with Crippen molar-refractivity contribution in [3.8, 4) is 22.1 Å². The Morgan fingerprint density at radius 3 is 2.77 bits per heavy atom. The number of ether oxygens (including phenoxy) is 2. The molecule has 0 aliphatic heterocycles. The summed E-state index contributed by atoms with van der Waals surface area (Å²) in [7, 11) is 1.55. The summed E-state index contributed by atoms with van der Waals surface area (Å²) in [5.41, 5.74) is 1.45. The van der Waals surface area contributed by atoms with Crippen molar-refractivity contribution in [2.24, 2.45) is 0 Å². The number of methoxy groups -OCH3 is 1. The quantitative estimate of drug-likeness (QED) is 0.677. The summed E-state index contributed by atoms with van der Waals surface area (Å²) in [6.07, 6.45) is 0. The molecular formula is C18H18N4O3S. The minimum absolute atomic E-state index is 0.397. The van der Waals surface area contributed by atoms with Crippen LogP contribution in [0.2, 0.25) is 0 Å². The number of rotatable bonds is 6. The molecule has 0 saturated heterocycles. The maximum absolute atomic E-state index is 12.2. The normalized spacial score (nSPS) is 10.2. The highest BCUT2D eigenvalue weighted by Gasteiger charge is 2.12. The second kappa shape index (κ2) is 8.30. The van der Waals surface area contributed by atoms with Crippen LogP contribution in [0.5, 0.6) is 11.5 Å². The number of benzene rings is 2. The molecule has 0 atom stereocenters. The van der Waals surface area contributed by atoms with Crippen LogP contribution in [-0.2, 0) is 0 Å². The number of para-hydroxylation sites is 2. The van der Waals surface area contributed by atoms with Crippen molar-refractivity contribution in [2.45, 2.75) is 6.92 Å². The highest BCUT2D eigenvalue weighted by Crippen LogP contribution is 2.29. The first kappa shape index (κ1) is 17.7. The average molecular weight is 370 g/mol. The number of urea groups is 1. The monoisotopic (exact) mass is 370 g/mol. The third kappa shape index (κ3) is 4.28. The first-order valence-electron chi connectivity index (χ1n) is 7.97. The molecule has 1 aromatic heterocycles. The fraction of sp³-hybridized carbons (Fsp3) is 0.167. The van der Waals surface area contributed by atoms with Gasteiger partial charge in [0.05, 0.1) is 19.4 Å². The molecule has 134 valence electrons. The molecule has 0 aliphatic rings. The van der Waals surface area contributed by atoms with Crippen LogP contribution in [0.25, 0.3) is 10.6 Å². The molecule has 2 N–H and O–H groups in total. The SMILES string of the molecule is CCOc1cccc(-c2nnc(NC(=O)Nc3ccccc3OC)s2)c1. The van der Waals surface area contributed by atoms with Gasteiger partial charge >= 0.3 is 6.03 Å². The Kier molecular flexibility index (Phi) is 5.65. The molecule has 2 amide bonds. The molecule has 0 unspecified atom stereocenters. The lowest BCUT2D eigenvalue weighted by molar-refractivity contribution is 0.262. The van der Waals surface area contributed by atoms with Crippen molar-refractivity contribution >= 4 is 28.2 Å². The topological polar surface area (TPSA) is 85.4 Å². The van der Waals surface area contributed by atoms with Gasteiger partial charge in [0.1, 0.15) is 16.5 Å². The summed E-state index contributed by atoms with van der Waals surface area (Å²) in [5.74, 6) is 1.34. The summed E-state index contributed by atoms with van der Waals surface area (Å²) in [4.78, 5) is 12.2. The van der Waals surface area contributed by atoms with Gasteiger partial charge < -0.3 is 14.8 Å². The van der Waals surface area contributed by atoms with Gasteiger partial charge in [0.15, 0.2) is 0 Å². The highest BCUT2D eigenvalue weighted by molar-refractivity contribution is 7.18. The van der Waals surface area contributed by atoms with Gasteiger partial charge in [0.2, 0.25) is 5.13 Å². The molecule has 26 heavy (non-hydrogen) atoms. The molecule has 2 aromatic carbocycles. The van der Waals surface area contributed by atoms with E-state index in [9.17, 15) is 4.79 Å². The van der Waals surface area contributed by atoms with Gasteiger partial charge in [-0.3, -0.25) is 5.32 Å². The fourth-order valence-corrected chi connectivity index (χ4v) is 3.01. The predicted molar refractivity (Wildman–Crippen MR) is 102 cm³/mol. The zero-order valence-corrected chi connectivity index (χ0v) is 15.2. The number of carbonyl (C=O) groups excluding carboxylic acids is 1. The number of nitrogens with zero attached hydrogens (tertiary/aromatic N) is 2. The van der Waals surface area contributed by atoms with Crippen LogP contribution in [-0.4, -0.2) is 29.9 Å². The van der Waals surface area contributed by atoms with Gasteiger partial charge in [-0.1, -0.05) is 35.6 Å². The van der Waals surface area contributed by atoms with Gasteiger partial charge in [0, 0.05) is 5.56 Å². The Balaban J connectivity index is 1.68. The van der Waals surface area contributed by atoms with Gasteiger partial charge in [0.25, 0.3) is 0 Å². The van der Waals surface area contributed by atoms with E-state index < -0.39 is 6.03 Å². The minimum atomic E-state index is -0.416. The van der Waals surface area contributed by atoms with Crippen LogP contribution >= 0.6 is 11.3 Å². The van der Waals surface area contributed by atoms with E-state index >= 15 is 0 Å². The first-order chi connectivity index (χ1) is 12.7. The largest absolute Gasteiger partial charge is 0.495 e. The van der Waals surface area contributed by atoms with Crippen LogP contribution in [0, 0.1) is 0 Å². The number of aromatic nitrogens is 2. The lowest BCUT2D eigenvalue weighted by Gasteiger charge is -2.09. The van der Waals surface area contributed by atoms with E-state index in [0.29, 0.717) is 28.2 Å². The summed E-state index contributed by atoms with van der Waals surface area (Å²) >= 11 is 1.28. The van der Waals surface area contributed by atoms with Crippen molar-refractivity contribution < 1.29 is 14.3 Å². The predicted octanol–water partition coefficient (Wildman–Crippen LogP) is 4.26. The number of amides is 2. The van der Waals surface area contributed by atoms with E-state index in [-0.39, 0.29) is 0 Å². The molecule has 3 rings (SSSR count). The molecule has 0 radical (unpaired) electrons. The minimum Gasteiger partial charge on any atom is -0.495 e. The van der Waals surface area contributed by atoms with E-state index in [2.05, 4.69) is 20.8 Å². The van der Waals surface area contributed by atoms with Crippen LogP contribution < -0.4 is 20.1 Å². The molecule has 0 spiro atoms. The van der Waals surface area contributed by atoms with E-state index in [1.165, 1.54) is 11.3 Å². The van der Waals surface area contributed by atoms with Crippen LogP contribution in [0.4, 0.5) is 15.6 Å². The lowest BCUT2D eigenvalue weighted by Crippen LogP contribution is -2.19. The molecule has 0 saturated carbocycles. The van der Waals surface area contributed by atoms with Gasteiger partial charge in [-0.05, 0) is 31.2 Å². The second-order valence-electron chi connectivity index (χ2n) is 5.15. The molecule has 0 fully saturated rings. The van der Waals surface area contributed by atoms with Crippen molar-refractivity contribution in [2.75, 3.05) is 24.4 Å². The van der Waals surface area contributed by atoms with Gasteiger partial charge in [-0.25, -0.2) is 4.79 Å². The van der Waals surface area contributed by atoms with Gasteiger partial charge in [-0.15, -0.1) is 10.2 Å². The maximum Gasteiger partial charge on any atom is 0.325 e. The van der Waals surface area contributed by atoms with Crippen LogP contribution in [0.15, 0.2) is 48.5 Å². The van der Waals surface area contributed by atoms with E-state index in [1.54, 1.807) is 19.2 Å². The Bertz CT molecular complexity index is 897. The number of anilines is 2. The molecule has 8 heteroatoms. The van der Waals surface area contributed by atoms with E-state index in [0.717, 1.165) is 11.3 Å². The number of carbonyl (C=O) groups is 1. The third-order valence-corrected chi connectivity index (χ3v) is 4.28. The first-order valence-corrected chi connectivity index (χ1v) is 8.79. The average Bonchev–Trinajstić information content (AvgIpc) is 3.11. The number of hydrogen-bond acceptors (Lipinski definition) is 6. The molecule has 0 aliphatic carbocycles. The smallest absolute Gasteiger partial charge is 0.325 e. The zero-order valence-electron chi connectivity index (χ0n) is 14.4. The standard InChI is InChI=1S/C18H18N4O3S/c1-3-25-13-8-6-7-12(11-13)16-21-22-18(26-16)20-17(23)19-14-9-4-5-10-15(14)24-2/h4-11H,3H2,1-2H3,(H2,19,20,22,23). The van der Waals surface area contributed by atoms with E-state index in [4.69, 9.17) is 9.47 Å². The molecule has 7 nitrogen and oxygen atoms in total. The van der Waals surface area contributed by atoms with Crippen molar-refractivity contribution in [1.82, 2.24) is 10.2 Å². The maximum atomic E-state index is 12.2. The number of hydrogen-bond donors (Lipinski definition) is 2. The third-order valence-electron chi connectivity index (χ3n) is 3.39. The fourth-order valence-electron chi connectivity index (χ4n) is 2.27. The zero-order chi connectivity index (χ0) is 18.4. The Hall–Kier alpha value is -3.13. The summed E-state index contributed by atoms with van der Waals surface area (Å²) in [5, 5.41) is 14.6. The molecule has 3 aromatic rings. The van der Waals surface area contributed by atoms with Crippen molar-refractivity contribution in [3.63, 3.8) is 0 Å². The van der Waals surface area contributed by atoms with Crippen LogP contribution in [0.1, 0.15) is 6.92 Å². The highest BCUT2D eigenvalue weighted by atomic mass is 32.1. The van der Waals surface area contributed by atoms with Crippen LogP contribution in [0.3, 0.4) is 0 Å². The lowest BCUT2D eigenvalue weighted by atomic mass is 10.2. The molecule has 0 bridgehead atoms. The Morgan fingerprint density at radius 2 is 1.96 bits per heavy atom. The van der Waals surface area contributed by atoms with Crippen molar-refractivity contribution in [3.05, 3.63) is 48.5 Å². The van der Waals surface area contributed by atoms with E-state index in [1.807, 2.05) is 43.3 Å². The Morgan fingerprint density at radius 1 is 1.12 bits per heavy atom. The molecular weight excluding hydrogens is 352 g/mol. The summed E-state index contributed by atoms with van der Waals surface area (Å²) < 4.78 is 10.7.